The van der Waals surface area contributed by atoms with Crippen LogP contribution in [0.25, 0.3) is 0 Å². The monoisotopic (exact) mass is 329 g/mol. The SMILES string of the molecule is Cc1ccc(Br)cc1CCNC(CC(=O)O)C(=O)O. The molecule has 1 aromatic rings. The normalized spacial score (nSPS) is 12.1. The summed E-state index contributed by atoms with van der Waals surface area (Å²) in [6.07, 6.45) is 0.224. The van der Waals surface area contributed by atoms with Crippen LogP contribution in [0.15, 0.2) is 22.7 Å². The summed E-state index contributed by atoms with van der Waals surface area (Å²) in [5.74, 6) is -2.27. The molecule has 1 unspecified atom stereocenters. The van der Waals surface area contributed by atoms with Gasteiger partial charge >= 0.3 is 11.9 Å². The standard InChI is InChI=1S/C13H16BrNO4/c1-8-2-3-10(14)6-9(8)4-5-15-11(13(18)19)7-12(16)17/h2-3,6,11,15H,4-5,7H2,1H3,(H,16,17)(H,18,19). The first-order chi connectivity index (χ1) is 8.90. The van der Waals surface area contributed by atoms with E-state index >= 15 is 0 Å². The molecule has 0 heterocycles. The van der Waals surface area contributed by atoms with Gasteiger partial charge in [0.1, 0.15) is 6.04 Å². The van der Waals surface area contributed by atoms with Crippen LogP contribution in [-0.4, -0.2) is 34.7 Å². The number of halogens is 1. The first-order valence-corrected chi connectivity index (χ1v) is 6.62. The van der Waals surface area contributed by atoms with Gasteiger partial charge in [-0.25, -0.2) is 0 Å². The Morgan fingerprint density at radius 3 is 2.63 bits per heavy atom. The molecule has 1 aromatic carbocycles. The van der Waals surface area contributed by atoms with E-state index in [9.17, 15) is 9.59 Å². The third kappa shape index (κ3) is 5.40. The molecule has 1 atom stereocenters. The zero-order valence-electron chi connectivity index (χ0n) is 10.5. The molecular weight excluding hydrogens is 314 g/mol. The number of aliphatic carboxylic acids is 2. The molecular formula is C13H16BrNO4. The van der Waals surface area contributed by atoms with Gasteiger partial charge in [0.25, 0.3) is 0 Å². The third-order valence-electron chi connectivity index (χ3n) is 2.77. The molecule has 0 radical (unpaired) electrons. The minimum absolute atomic E-state index is 0.418. The zero-order chi connectivity index (χ0) is 14.4. The average Bonchev–Trinajstić information content (AvgIpc) is 2.31. The highest BCUT2D eigenvalue weighted by molar-refractivity contribution is 9.10. The van der Waals surface area contributed by atoms with E-state index < -0.39 is 24.4 Å². The minimum Gasteiger partial charge on any atom is -0.481 e. The van der Waals surface area contributed by atoms with Crippen molar-refractivity contribution in [1.29, 1.82) is 0 Å². The van der Waals surface area contributed by atoms with Crippen molar-refractivity contribution < 1.29 is 19.8 Å². The van der Waals surface area contributed by atoms with Crippen LogP contribution in [0.3, 0.4) is 0 Å². The third-order valence-corrected chi connectivity index (χ3v) is 3.27. The fraction of sp³-hybridized carbons (Fsp3) is 0.385. The lowest BCUT2D eigenvalue weighted by atomic mass is 10.1. The second-order valence-electron chi connectivity index (χ2n) is 4.26. The first-order valence-electron chi connectivity index (χ1n) is 5.83. The first kappa shape index (κ1) is 15.7. The highest BCUT2D eigenvalue weighted by Gasteiger charge is 2.19. The van der Waals surface area contributed by atoms with Gasteiger partial charge in [-0.3, -0.25) is 9.59 Å². The second kappa shape index (κ2) is 7.25. The van der Waals surface area contributed by atoms with Crippen molar-refractivity contribution in [3.8, 4) is 0 Å². The number of hydrogen-bond donors (Lipinski definition) is 3. The molecule has 3 N–H and O–H groups in total. The molecule has 0 aliphatic rings. The number of nitrogens with one attached hydrogen (secondary N) is 1. The van der Waals surface area contributed by atoms with E-state index in [0.717, 1.165) is 15.6 Å². The van der Waals surface area contributed by atoms with E-state index in [4.69, 9.17) is 10.2 Å². The predicted octanol–water partition coefficient (Wildman–Crippen LogP) is 1.82. The smallest absolute Gasteiger partial charge is 0.321 e. The van der Waals surface area contributed by atoms with E-state index in [2.05, 4.69) is 21.2 Å². The Labute approximate surface area is 119 Å². The molecule has 5 nitrogen and oxygen atoms in total. The number of carbonyl (C=O) groups is 2. The van der Waals surface area contributed by atoms with Crippen LogP contribution in [0.1, 0.15) is 17.5 Å². The van der Waals surface area contributed by atoms with Crippen LogP contribution in [0.4, 0.5) is 0 Å². The van der Waals surface area contributed by atoms with Gasteiger partial charge in [-0.05, 0) is 43.1 Å². The van der Waals surface area contributed by atoms with Crippen molar-refractivity contribution in [2.75, 3.05) is 6.54 Å². The Morgan fingerprint density at radius 2 is 2.05 bits per heavy atom. The number of hydrogen-bond acceptors (Lipinski definition) is 3. The van der Waals surface area contributed by atoms with E-state index in [1.165, 1.54) is 0 Å². The van der Waals surface area contributed by atoms with Gasteiger partial charge in [-0.2, -0.15) is 0 Å². The van der Waals surface area contributed by atoms with E-state index in [-0.39, 0.29) is 0 Å². The average molecular weight is 330 g/mol. The molecule has 104 valence electrons. The van der Waals surface area contributed by atoms with Crippen LogP contribution in [0.2, 0.25) is 0 Å². The van der Waals surface area contributed by atoms with Crippen LogP contribution in [0, 0.1) is 6.92 Å². The fourth-order valence-electron chi connectivity index (χ4n) is 1.71. The maximum atomic E-state index is 10.9. The second-order valence-corrected chi connectivity index (χ2v) is 5.18. The molecule has 0 aliphatic heterocycles. The van der Waals surface area contributed by atoms with Crippen molar-refractivity contribution in [2.45, 2.75) is 25.8 Å². The van der Waals surface area contributed by atoms with Crippen LogP contribution >= 0.6 is 15.9 Å². The lowest BCUT2D eigenvalue weighted by molar-refractivity contribution is -0.145. The number of carboxylic acids is 2. The van der Waals surface area contributed by atoms with Crippen LogP contribution in [0.5, 0.6) is 0 Å². The predicted molar refractivity (Wildman–Crippen MR) is 74.3 cm³/mol. The molecule has 1 rings (SSSR count). The lowest BCUT2D eigenvalue weighted by Gasteiger charge is -2.13. The zero-order valence-corrected chi connectivity index (χ0v) is 12.1. The summed E-state index contributed by atoms with van der Waals surface area (Å²) < 4.78 is 0.966. The van der Waals surface area contributed by atoms with Gasteiger partial charge in [0, 0.05) is 4.47 Å². The molecule has 0 fully saturated rings. The summed E-state index contributed by atoms with van der Waals surface area (Å²) >= 11 is 3.38. The summed E-state index contributed by atoms with van der Waals surface area (Å²) in [5, 5.41) is 20.3. The molecule has 19 heavy (non-hydrogen) atoms. The topological polar surface area (TPSA) is 86.6 Å². The van der Waals surface area contributed by atoms with Gasteiger partial charge in [-0.15, -0.1) is 0 Å². The molecule has 0 spiro atoms. The maximum Gasteiger partial charge on any atom is 0.321 e. The fourth-order valence-corrected chi connectivity index (χ4v) is 2.12. The van der Waals surface area contributed by atoms with Gasteiger partial charge in [0.15, 0.2) is 0 Å². The van der Waals surface area contributed by atoms with Crippen LogP contribution < -0.4 is 5.32 Å². The minimum atomic E-state index is -1.15. The van der Waals surface area contributed by atoms with Gasteiger partial charge < -0.3 is 15.5 Å². The van der Waals surface area contributed by atoms with Crippen molar-refractivity contribution >= 4 is 27.9 Å². The molecule has 6 heteroatoms. The number of benzene rings is 1. The quantitative estimate of drug-likeness (QED) is 0.710. The van der Waals surface area contributed by atoms with E-state index in [1.807, 2.05) is 25.1 Å². The largest absolute Gasteiger partial charge is 0.481 e. The molecule has 0 saturated carbocycles. The van der Waals surface area contributed by atoms with Crippen molar-refractivity contribution in [3.63, 3.8) is 0 Å². The highest BCUT2D eigenvalue weighted by atomic mass is 79.9. The van der Waals surface area contributed by atoms with Crippen LogP contribution in [-0.2, 0) is 16.0 Å². The molecule has 0 aliphatic carbocycles. The Morgan fingerprint density at radius 1 is 1.37 bits per heavy atom. The maximum absolute atomic E-state index is 10.9. The Balaban J connectivity index is 2.54. The van der Waals surface area contributed by atoms with E-state index in [1.54, 1.807) is 0 Å². The van der Waals surface area contributed by atoms with Crippen molar-refractivity contribution in [3.05, 3.63) is 33.8 Å². The van der Waals surface area contributed by atoms with E-state index in [0.29, 0.717) is 13.0 Å². The Hall–Kier alpha value is -1.40. The number of carboxylic acid groups (broad SMARTS) is 2. The van der Waals surface area contributed by atoms with Crippen molar-refractivity contribution in [1.82, 2.24) is 5.32 Å². The Bertz CT molecular complexity index is 476. The highest BCUT2D eigenvalue weighted by Crippen LogP contribution is 2.16. The molecule has 0 bridgehead atoms. The van der Waals surface area contributed by atoms with Gasteiger partial charge in [-0.1, -0.05) is 22.0 Å². The molecule has 0 aromatic heterocycles. The van der Waals surface area contributed by atoms with Gasteiger partial charge in [0.05, 0.1) is 6.42 Å². The Kier molecular flexibility index (Phi) is 5.98. The molecule has 0 amide bonds. The lowest BCUT2D eigenvalue weighted by Crippen LogP contribution is -2.39. The summed E-state index contributed by atoms with van der Waals surface area (Å²) in [6.45, 7) is 2.40. The summed E-state index contributed by atoms with van der Waals surface area (Å²) in [4.78, 5) is 21.4. The number of aryl methyl sites for hydroxylation is 1. The van der Waals surface area contributed by atoms with Gasteiger partial charge in [0.2, 0.25) is 0 Å². The molecule has 0 saturated heterocycles. The summed E-state index contributed by atoms with van der Waals surface area (Å²) in [7, 11) is 0. The van der Waals surface area contributed by atoms with Crippen molar-refractivity contribution in [2.24, 2.45) is 0 Å². The summed E-state index contributed by atoms with van der Waals surface area (Å²) in [6, 6.07) is 4.84. The summed E-state index contributed by atoms with van der Waals surface area (Å²) in [5.41, 5.74) is 2.22. The number of rotatable bonds is 7.